The molecule has 5 heteroatoms. The molecule has 0 atom stereocenters. The zero-order valence-corrected chi connectivity index (χ0v) is 12.9. The second kappa shape index (κ2) is 7.78. The molecule has 2 rings (SSSR count). The van der Waals surface area contributed by atoms with E-state index in [-0.39, 0.29) is 0 Å². The number of aromatic nitrogens is 2. The van der Waals surface area contributed by atoms with Crippen molar-refractivity contribution >= 4 is 0 Å². The van der Waals surface area contributed by atoms with Crippen molar-refractivity contribution in [1.29, 1.82) is 0 Å². The number of ether oxygens (including phenoxy) is 1. The van der Waals surface area contributed by atoms with Gasteiger partial charge in [-0.1, -0.05) is 38.1 Å². The SMILES string of the molecule is CCCc1noc(COc2cccc(CNC(C)C)c2)n1. The van der Waals surface area contributed by atoms with Crippen molar-refractivity contribution in [3.05, 3.63) is 41.5 Å². The van der Waals surface area contributed by atoms with Gasteiger partial charge in [0, 0.05) is 19.0 Å². The lowest BCUT2D eigenvalue weighted by atomic mass is 10.2. The molecule has 21 heavy (non-hydrogen) atoms. The lowest BCUT2D eigenvalue weighted by Crippen LogP contribution is -2.21. The maximum absolute atomic E-state index is 5.71. The number of aryl methyl sites for hydroxylation is 1. The van der Waals surface area contributed by atoms with E-state index in [4.69, 9.17) is 9.26 Å². The van der Waals surface area contributed by atoms with Gasteiger partial charge in [0.05, 0.1) is 0 Å². The summed E-state index contributed by atoms with van der Waals surface area (Å²) in [7, 11) is 0. The molecule has 0 bridgehead atoms. The molecular weight excluding hydrogens is 266 g/mol. The Bertz CT molecular complexity index is 552. The standard InChI is InChI=1S/C16H23N3O2/c1-4-6-15-18-16(21-19-15)11-20-14-8-5-7-13(9-14)10-17-12(2)3/h5,7-9,12,17H,4,6,10-11H2,1-3H3. The van der Waals surface area contributed by atoms with Crippen LogP contribution in [0.25, 0.3) is 0 Å². The fourth-order valence-electron chi connectivity index (χ4n) is 1.89. The van der Waals surface area contributed by atoms with Crippen LogP contribution in [-0.2, 0) is 19.6 Å². The van der Waals surface area contributed by atoms with Crippen molar-refractivity contribution in [1.82, 2.24) is 15.5 Å². The highest BCUT2D eigenvalue weighted by atomic mass is 16.5. The molecule has 0 amide bonds. The van der Waals surface area contributed by atoms with Gasteiger partial charge in [-0.3, -0.25) is 0 Å². The highest BCUT2D eigenvalue weighted by molar-refractivity contribution is 5.28. The average Bonchev–Trinajstić information content (AvgIpc) is 2.92. The first-order valence-electron chi connectivity index (χ1n) is 7.44. The minimum atomic E-state index is 0.303. The minimum Gasteiger partial charge on any atom is -0.484 e. The fourth-order valence-corrected chi connectivity index (χ4v) is 1.89. The smallest absolute Gasteiger partial charge is 0.264 e. The Morgan fingerprint density at radius 1 is 1.33 bits per heavy atom. The summed E-state index contributed by atoms with van der Waals surface area (Å²) in [6, 6.07) is 8.49. The number of nitrogens with one attached hydrogen (secondary N) is 1. The molecule has 1 N–H and O–H groups in total. The van der Waals surface area contributed by atoms with Gasteiger partial charge < -0.3 is 14.6 Å². The Balaban J connectivity index is 1.88. The van der Waals surface area contributed by atoms with Gasteiger partial charge in [0.1, 0.15) is 5.75 Å². The summed E-state index contributed by atoms with van der Waals surface area (Å²) < 4.78 is 10.9. The highest BCUT2D eigenvalue weighted by Gasteiger charge is 2.06. The van der Waals surface area contributed by atoms with E-state index in [1.165, 1.54) is 5.56 Å². The topological polar surface area (TPSA) is 60.2 Å². The van der Waals surface area contributed by atoms with E-state index in [1.54, 1.807) is 0 Å². The van der Waals surface area contributed by atoms with Crippen LogP contribution in [0.1, 0.15) is 44.5 Å². The fraction of sp³-hybridized carbons (Fsp3) is 0.500. The van der Waals surface area contributed by atoms with Gasteiger partial charge in [-0.25, -0.2) is 0 Å². The Kier molecular flexibility index (Phi) is 5.75. The molecule has 0 fully saturated rings. The third-order valence-corrected chi connectivity index (χ3v) is 2.96. The molecule has 5 nitrogen and oxygen atoms in total. The van der Waals surface area contributed by atoms with Crippen LogP contribution in [0.4, 0.5) is 0 Å². The number of hydrogen-bond donors (Lipinski definition) is 1. The molecule has 0 radical (unpaired) electrons. The van der Waals surface area contributed by atoms with Crippen molar-refractivity contribution in [3.8, 4) is 5.75 Å². The predicted octanol–water partition coefficient (Wildman–Crippen LogP) is 3.10. The summed E-state index contributed by atoms with van der Waals surface area (Å²) in [6.45, 7) is 7.48. The molecule has 0 saturated carbocycles. The monoisotopic (exact) mass is 289 g/mol. The first-order valence-corrected chi connectivity index (χ1v) is 7.44. The summed E-state index contributed by atoms with van der Waals surface area (Å²) in [4.78, 5) is 4.28. The van der Waals surface area contributed by atoms with Crippen LogP contribution in [0.2, 0.25) is 0 Å². The molecule has 1 aromatic carbocycles. The lowest BCUT2D eigenvalue weighted by molar-refractivity contribution is 0.242. The van der Waals surface area contributed by atoms with Crippen LogP contribution in [0.3, 0.4) is 0 Å². The third-order valence-electron chi connectivity index (χ3n) is 2.96. The van der Waals surface area contributed by atoms with Gasteiger partial charge in [0.2, 0.25) is 0 Å². The van der Waals surface area contributed by atoms with Crippen molar-refractivity contribution < 1.29 is 9.26 Å². The van der Waals surface area contributed by atoms with Crippen molar-refractivity contribution in [2.75, 3.05) is 0 Å². The van der Waals surface area contributed by atoms with E-state index in [1.807, 2.05) is 18.2 Å². The van der Waals surface area contributed by atoms with E-state index < -0.39 is 0 Å². The molecule has 0 aliphatic rings. The number of nitrogens with zero attached hydrogens (tertiary/aromatic N) is 2. The summed E-state index contributed by atoms with van der Waals surface area (Å²) in [5.41, 5.74) is 1.19. The van der Waals surface area contributed by atoms with Gasteiger partial charge >= 0.3 is 0 Å². The lowest BCUT2D eigenvalue weighted by Gasteiger charge is -2.09. The third kappa shape index (κ3) is 5.19. The predicted molar refractivity (Wildman–Crippen MR) is 81.0 cm³/mol. The molecule has 1 heterocycles. The van der Waals surface area contributed by atoms with Gasteiger partial charge in [-0.2, -0.15) is 4.98 Å². The maximum atomic E-state index is 5.71. The molecule has 0 unspecified atom stereocenters. The first kappa shape index (κ1) is 15.5. The van der Waals surface area contributed by atoms with Crippen LogP contribution >= 0.6 is 0 Å². The van der Waals surface area contributed by atoms with Crippen LogP contribution in [0, 0.1) is 0 Å². The van der Waals surface area contributed by atoms with Crippen LogP contribution in [-0.4, -0.2) is 16.2 Å². The molecule has 0 saturated heterocycles. The van der Waals surface area contributed by atoms with Gasteiger partial charge in [-0.05, 0) is 24.1 Å². The highest BCUT2D eigenvalue weighted by Crippen LogP contribution is 2.15. The summed E-state index contributed by atoms with van der Waals surface area (Å²) in [5, 5.41) is 7.29. The second-order valence-corrected chi connectivity index (χ2v) is 5.33. The number of rotatable bonds is 8. The van der Waals surface area contributed by atoms with Gasteiger partial charge in [0.25, 0.3) is 5.89 Å². The zero-order valence-electron chi connectivity index (χ0n) is 12.9. The molecule has 1 aromatic heterocycles. The minimum absolute atomic E-state index is 0.303. The Morgan fingerprint density at radius 3 is 2.95 bits per heavy atom. The van der Waals surface area contributed by atoms with E-state index in [2.05, 4.69) is 42.3 Å². The maximum Gasteiger partial charge on any atom is 0.264 e. The normalized spacial score (nSPS) is 11.0. The van der Waals surface area contributed by atoms with E-state index >= 15 is 0 Å². The Hall–Kier alpha value is -1.88. The summed E-state index contributed by atoms with van der Waals surface area (Å²) in [6.07, 6.45) is 1.84. The zero-order chi connectivity index (χ0) is 15.1. The molecule has 2 aromatic rings. The van der Waals surface area contributed by atoms with Crippen LogP contribution in [0.5, 0.6) is 5.75 Å². The number of benzene rings is 1. The largest absolute Gasteiger partial charge is 0.484 e. The van der Waals surface area contributed by atoms with Crippen LogP contribution in [0.15, 0.2) is 28.8 Å². The average molecular weight is 289 g/mol. The first-order chi connectivity index (χ1) is 10.2. The van der Waals surface area contributed by atoms with Crippen LogP contribution < -0.4 is 10.1 Å². The van der Waals surface area contributed by atoms with Crippen molar-refractivity contribution in [2.24, 2.45) is 0 Å². The molecule has 0 aliphatic carbocycles. The van der Waals surface area contributed by atoms with Crippen molar-refractivity contribution in [2.45, 2.75) is 52.8 Å². The molecule has 0 spiro atoms. The van der Waals surface area contributed by atoms with Gasteiger partial charge in [-0.15, -0.1) is 0 Å². The summed E-state index contributed by atoms with van der Waals surface area (Å²) >= 11 is 0. The quantitative estimate of drug-likeness (QED) is 0.809. The second-order valence-electron chi connectivity index (χ2n) is 5.33. The summed E-state index contributed by atoms with van der Waals surface area (Å²) in [5.74, 6) is 2.07. The van der Waals surface area contributed by atoms with E-state index in [0.717, 1.165) is 31.0 Å². The Labute approximate surface area is 125 Å². The number of hydrogen-bond acceptors (Lipinski definition) is 5. The van der Waals surface area contributed by atoms with E-state index in [0.29, 0.717) is 18.5 Å². The van der Waals surface area contributed by atoms with Crippen molar-refractivity contribution in [3.63, 3.8) is 0 Å². The molecular formula is C16H23N3O2. The Morgan fingerprint density at radius 2 is 2.19 bits per heavy atom. The molecule has 114 valence electrons. The molecule has 0 aliphatic heterocycles. The van der Waals surface area contributed by atoms with Gasteiger partial charge in [0.15, 0.2) is 12.4 Å². The van der Waals surface area contributed by atoms with E-state index in [9.17, 15) is 0 Å².